The molecule has 6 heteroatoms. The molecular formula is C18H18ClN5. The molecule has 0 bridgehead atoms. The molecule has 0 saturated carbocycles. The summed E-state index contributed by atoms with van der Waals surface area (Å²) < 4.78 is 0. The first-order valence-electron chi connectivity index (χ1n) is 7.62. The number of nitrogens with one attached hydrogen (secondary N) is 2. The molecule has 0 spiro atoms. The highest BCUT2D eigenvalue weighted by atomic mass is 35.5. The molecule has 2 heterocycles. The minimum atomic E-state index is 0.679. The van der Waals surface area contributed by atoms with Gasteiger partial charge in [-0.05, 0) is 55.3 Å². The summed E-state index contributed by atoms with van der Waals surface area (Å²) in [4.78, 5) is 12.9. The third-order valence-electron chi connectivity index (χ3n) is 3.51. The van der Waals surface area contributed by atoms with Crippen molar-refractivity contribution >= 4 is 28.9 Å². The molecule has 0 saturated heterocycles. The van der Waals surface area contributed by atoms with Gasteiger partial charge in [-0.15, -0.1) is 0 Å². The predicted molar refractivity (Wildman–Crippen MR) is 97.8 cm³/mol. The van der Waals surface area contributed by atoms with Crippen LogP contribution < -0.4 is 10.6 Å². The van der Waals surface area contributed by atoms with Gasteiger partial charge in [0.25, 0.3) is 0 Å². The average Bonchev–Trinajstić information content (AvgIpc) is 2.56. The van der Waals surface area contributed by atoms with E-state index in [1.807, 2.05) is 50.2 Å². The number of rotatable bonds is 5. The van der Waals surface area contributed by atoms with Crippen LogP contribution in [0.4, 0.5) is 17.3 Å². The SMILES string of the molecule is Cc1nc(NCc2ccncc2)cc(Nc2ccc(Cl)cc2C)n1. The first-order chi connectivity index (χ1) is 11.6. The van der Waals surface area contributed by atoms with Gasteiger partial charge < -0.3 is 10.6 Å². The van der Waals surface area contributed by atoms with Gasteiger partial charge in [0.15, 0.2) is 0 Å². The number of anilines is 3. The molecule has 0 fully saturated rings. The standard InChI is InChI=1S/C18H18ClN5/c1-12-9-15(19)3-4-16(12)24-18-10-17(22-13(2)23-18)21-11-14-5-7-20-8-6-14/h3-10H,11H2,1-2H3,(H2,21,22,23,24). The van der Waals surface area contributed by atoms with E-state index in [4.69, 9.17) is 11.6 Å². The number of halogens is 1. The van der Waals surface area contributed by atoms with Gasteiger partial charge in [0.1, 0.15) is 17.5 Å². The van der Waals surface area contributed by atoms with Gasteiger partial charge in [-0.1, -0.05) is 11.6 Å². The zero-order valence-corrected chi connectivity index (χ0v) is 14.3. The molecule has 0 aliphatic rings. The minimum Gasteiger partial charge on any atom is -0.366 e. The van der Waals surface area contributed by atoms with Crippen molar-refractivity contribution in [2.75, 3.05) is 10.6 Å². The topological polar surface area (TPSA) is 62.7 Å². The van der Waals surface area contributed by atoms with E-state index in [1.54, 1.807) is 12.4 Å². The molecule has 3 aromatic rings. The van der Waals surface area contributed by atoms with Crippen LogP contribution in [0.3, 0.4) is 0 Å². The summed E-state index contributed by atoms with van der Waals surface area (Å²) in [5.74, 6) is 2.21. The van der Waals surface area contributed by atoms with E-state index in [0.717, 1.165) is 33.5 Å². The molecule has 5 nitrogen and oxygen atoms in total. The van der Waals surface area contributed by atoms with Crippen molar-refractivity contribution in [2.45, 2.75) is 20.4 Å². The van der Waals surface area contributed by atoms with Crippen molar-refractivity contribution in [3.05, 3.63) is 70.8 Å². The van der Waals surface area contributed by atoms with Crippen LogP contribution in [0.25, 0.3) is 0 Å². The van der Waals surface area contributed by atoms with E-state index < -0.39 is 0 Å². The smallest absolute Gasteiger partial charge is 0.136 e. The first-order valence-corrected chi connectivity index (χ1v) is 7.99. The first kappa shape index (κ1) is 16.2. The number of hydrogen-bond acceptors (Lipinski definition) is 5. The fourth-order valence-electron chi connectivity index (χ4n) is 2.32. The molecule has 0 aliphatic carbocycles. The normalized spacial score (nSPS) is 10.5. The van der Waals surface area contributed by atoms with Gasteiger partial charge in [0.2, 0.25) is 0 Å². The fourth-order valence-corrected chi connectivity index (χ4v) is 2.55. The number of aryl methyl sites for hydroxylation is 2. The number of pyridine rings is 1. The zero-order valence-electron chi connectivity index (χ0n) is 13.5. The number of nitrogens with zero attached hydrogens (tertiary/aromatic N) is 3. The van der Waals surface area contributed by atoms with E-state index in [1.165, 1.54) is 0 Å². The maximum atomic E-state index is 6.00. The van der Waals surface area contributed by atoms with E-state index in [-0.39, 0.29) is 0 Å². The second kappa shape index (κ2) is 7.27. The van der Waals surface area contributed by atoms with E-state index in [2.05, 4.69) is 25.6 Å². The third-order valence-corrected chi connectivity index (χ3v) is 3.75. The lowest BCUT2D eigenvalue weighted by Gasteiger charge is -2.12. The van der Waals surface area contributed by atoms with Crippen LogP contribution in [-0.4, -0.2) is 15.0 Å². The Balaban J connectivity index is 1.76. The van der Waals surface area contributed by atoms with E-state index >= 15 is 0 Å². The summed E-state index contributed by atoms with van der Waals surface area (Å²) in [5.41, 5.74) is 3.17. The van der Waals surface area contributed by atoms with Gasteiger partial charge in [0, 0.05) is 35.7 Å². The molecule has 0 radical (unpaired) electrons. The summed E-state index contributed by atoms with van der Waals surface area (Å²) in [5, 5.41) is 7.35. The molecule has 0 atom stereocenters. The van der Waals surface area contributed by atoms with Crippen LogP contribution in [0, 0.1) is 13.8 Å². The second-order valence-electron chi connectivity index (χ2n) is 5.48. The highest BCUT2D eigenvalue weighted by molar-refractivity contribution is 6.30. The Morgan fingerprint density at radius 2 is 1.71 bits per heavy atom. The molecule has 122 valence electrons. The van der Waals surface area contributed by atoms with Gasteiger partial charge in [-0.25, -0.2) is 9.97 Å². The minimum absolute atomic E-state index is 0.679. The maximum Gasteiger partial charge on any atom is 0.136 e. The van der Waals surface area contributed by atoms with Crippen molar-refractivity contribution in [1.29, 1.82) is 0 Å². The van der Waals surface area contributed by atoms with Crippen molar-refractivity contribution in [3.8, 4) is 0 Å². The third kappa shape index (κ3) is 4.20. The van der Waals surface area contributed by atoms with Crippen LogP contribution >= 0.6 is 11.6 Å². The Labute approximate surface area is 146 Å². The molecule has 0 amide bonds. The zero-order chi connectivity index (χ0) is 16.9. The second-order valence-corrected chi connectivity index (χ2v) is 5.92. The molecular weight excluding hydrogens is 322 g/mol. The lowest BCUT2D eigenvalue weighted by molar-refractivity contribution is 1.02. The van der Waals surface area contributed by atoms with Gasteiger partial charge in [-0.3, -0.25) is 4.98 Å². The highest BCUT2D eigenvalue weighted by Crippen LogP contribution is 2.23. The van der Waals surface area contributed by atoms with Crippen LogP contribution in [-0.2, 0) is 6.54 Å². The van der Waals surface area contributed by atoms with Crippen molar-refractivity contribution in [2.24, 2.45) is 0 Å². The predicted octanol–water partition coefficient (Wildman–Crippen LogP) is 4.50. The van der Waals surface area contributed by atoms with Gasteiger partial charge >= 0.3 is 0 Å². The highest BCUT2D eigenvalue weighted by Gasteiger charge is 2.05. The summed E-state index contributed by atoms with van der Waals surface area (Å²) in [6.45, 7) is 4.56. The van der Waals surface area contributed by atoms with Gasteiger partial charge in [-0.2, -0.15) is 0 Å². The lowest BCUT2D eigenvalue weighted by atomic mass is 10.2. The molecule has 1 aromatic carbocycles. The van der Waals surface area contributed by atoms with Crippen molar-refractivity contribution in [3.63, 3.8) is 0 Å². The van der Waals surface area contributed by atoms with Crippen LogP contribution in [0.2, 0.25) is 5.02 Å². The monoisotopic (exact) mass is 339 g/mol. The quantitative estimate of drug-likeness (QED) is 0.716. The molecule has 3 rings (SSSR count). The van der Waals surface area contributed by atoms with Crippen molar-refractivity contribution < 1.29 is 0 Å². The largest absolute Gasteiger partial charge is 0.366 e. The summed E-state index contributed by atoms with van der Waals surface area (Å²) in [6.07, 6.45) is 3.55. The molecule has 0 unspecified atom stereocenters. The van der Waals surface area contributed by atoms with Crippen LogP contribution in [0.5, 0.6) is 0 Å². The average molecular weight is 340 g/mol. The number of benzene rings is 1. The lowest BCUT2D eigenvalue weighted by Crippen LogP contribution is -2.05. The summed E-state index contributed by atoms with van der Waals surface area (Å²) >= 11 is 6.00. The van der Waals surface area contributed by atoms with Crippen LogP contribution in [0.15, 0.2) is 48.8 Å². The Bertz CT molecular complexity index is 836. The Morgan fingerprint density at radius 1 is 0.958 bits per heavy atom. The molecule has 2 N–H and O–H groups in total. The molecule has 0 aliphatic heterocycles. The van der Waals surface area contributed by atoms with Gasteiger partial charge in [0.05, 0.1) is 0 Å². The van der Waals surface area contributed by atoms with E-state index in [9.17, 15) is 0 Å². The van der Waals surface area contributed by atoms with Crippen molar-refractivity contribution in [1.82, 2.24) is 15.0 Å². The Morgan fingerprint density at radius 3 is 2.46 bits per heavy atom. The van der Waals surface area contributed by atoms with Crippen LogP contribution in [0.1, 0.15) is 17.0 Å². The maximum absolute atomic E-state index is 6.00. The summed E-state index contributed by atoms with van der Waals surface area (Å²) in [7, 11) is 0. The number of hydrogen-bond donors (Lipinski definition) is 2. The molecule has 24 heavy (non-hydrogen) atoms. The fraction of sp³-hybridized carbons (Fsp3) is 0.167. The summed E-state index contributed by atoms with van der Waals surface area (Å²) in [6, 6.07) is 11.5. The molecule has 2 aromatic heterocycles. The Hall–Kier alpha value is -2.66. The Kier molecular flexibility index (Phi) is 4.91. The number of aromatic nitrogens is 3. The van der Waals surface area contributed by atoms with E-state index in [0.29, 0.717) is 12.4 Å².